The Bertz CT molecular complexity index is 704. The summed E-state index contributed by atoms with van der Waals surface area (Å²) in [4.78, 5) is 1.21. The molecule has 0 saturated carbocycles. The van der Waals surface area contributed by atoms with E-state index in [0.717, 1.165) is 22.4 Å². The van der Waals surface area contributed by atoms with Gasteiger partial charge in [0.05, 0.1) is 16.8 Å². The summed E-state index contributed by atoms with van der Waals surface area (Å²) in [5.74, 6) is 0. The fraction of sp³-hybridized carbons (Fsp3) is 0.133. The zero-order valence-corrected chi connectivity index (χ0v) is 13.4. The lowest BCUT2D eigenvalue weighted by Crippen LogP contribution is -2.00. The highest BCUT2D eigenvalue weighted by atomic mass is 79.9. The molecule has 2 aromatic heterocycles. The summed E-state index contributed by atoms with van der Waals surface area (Å²) in [6.45, 7) is 2.83. The Balaban J connectivity index is 1.79. The Kier molecular flexibility index (Phi) is 3.89. The quantitative estimate of drug-likeness (QED) is 0.710. The van der Waals surface area contributed by atoms with Crippen LogP contribution in [0.3, 0.4) is 0 Å². The molecule has 2 heterocycles. The number of nitrogens with one attached hydrogen (secondary N) is 2. The van der Waals surface area contributed by atoms with Crippen molar-refractivity contribution in [1.82, 2.24) is 10.2 Å². The van der Waals surface area contributed by atoms with E-state index in [-0.39, 0.29) is 0 Å². The second-order valence-electron chi connectivity index (χ2n) is 4.58. The van der Waals surface area contributed by atoms with E-state index in [4.69, 9.17) is 0 Å². The van der Waals surface area contributed by atoms with Gasteiger partial charge in [0.1, 0.15) is 0 Å². The minimum atomic E-state index is 0.742. The molecule has 0 atom stereocenters. The highest BCUT2D eigenvalue weighted by Crippen LogP contribution is 2.28. The number of aromatic nitrogens is 2. The summed E-state index contributed by atoms with van der Waals surface area (Å²) in [6.07, 6.45) is 1.88. The van der Waals surface area contributed by atoms with Crippen molar-refractivity contribution >= 4 is 33.0 Å². The van der Waals surface area contributed by atoms with Crippen molar-refractivity contribution in [3.05, 3.63) is 57.5 Å². The summed E-state index contributed by atoms with van der Waals surface area (Å²) >= 11 is 5.28. The molecule has 5 heteroatoms. The standard InChI is InChI=1S/C15H14BrN3S/c1-10-4-5-12(16)13(7-10)17-8-11-9-18-19-15(11)14-3-2-6-20-14/h2-7,9,17H,8H2,1H3,(H,18,19). The van der Waals surface area contributed by atoms with Crippen LogP contribution in [-0.4, -0.2) is 10.2 Å². The van der Waals surface area contributed by atoms with Crippen molar-refractivity contribution in [1.29, 1.82) is 0 Å². The number of H-pyrrole nitrogens is 1. The van der Waals surface area contributed by atoms with E-state index >= 15 is 0 Å². The van der Waals surface area contributed by atoms with E-state index in [1.54, 1.807) is 11.3 Å². The number of benzene rings is 1. The molecule has 0 aliphatic rings. The van der Waals surface area contributed by atoms with Crippen molar-refractivity contribution in [2.45, 2.75) is 13.5 Å². The van der Waals surface area contributed by atoms with Gasteiger partial charge >= 0.3 is 0 Å². The maximum Gasteiger partial charge on any atom is 0.0799 e. The van der Waals surface area contributed by atoms with Gasteiger partial charge in [-0.05, 0) is 52.0 Å². The molecular weight excluding hydrogens is 334 g/mol. The molecule has 0 aliphatic carbocycles. The van der Waals surface area contributed by atoms with E-state index in [0.29, 0.717) is 0 Å². The van der Waals surface area contributed by atoms with E-state index in [1.807, 2.05) is 6.20 Å². The fourth-order valence-electron chi connectivity index (χ4n) is 2.04. The molecule has 0 amide bonds. The van der Waals surface area contributed by atoms with Crippen LogP contribution in [0.2, 0.25) is 0 Å². The first-order valence-electron chi connectivity index (χ1n) is 6.30. The normalized spacial score (nSPS) is 10.7. The molecule has 0 spiro atoms. The van der Waals surface area contributed by atoms with Gasteiger partial charge in [-0.2, -0.15) is 5.10 Å². The SMILES string of the molecule is Cc1ccc(Br)c(NCc2cn[nH]c2-c2cccs2)c1. The highest BCUT2D eigenvalue weighted by Gasteiger charge is 2.09. The van der Waals surface area contributed by atoms with Crippen LogP contribution in [0.5, 0.6) is 0 Å². The molecule has 3 aromatic rings. The number of anilines is 1. The Morgan fingerprint density at radius 2 is 2.25 bits per heavy atom. The van der Waals surface area contributed by atoms with Gasteiger partial charge in [0.25, 0.3) is 0 Å². The Morgan fingerprint density at radius 1 is 1.35 bits per heavy atom. The first-order chi connectivity index (χ1) is 9.74. The molecular formula is C15H14BrN3S. The average molecular weight is 348 g/mol. The van der Waals surface area contributed by atoms with Crippen LogP contribution in [0.25, 0.3) is 10.6 Å². The lowest BCUT2D eigenvalue weighted by atomic mass is 10.2. The van der Waals surface area contributed by atoms with Crippen molar-refractivity contribution in [2.75, 3.05) is 5.32 Å². The minimum absolute atomic E-state index is 0.742. The third-order valence-corrected chi connectivity index (χ3v) is 4.66. The molecule has 0 radical (unpaired) electrons. The monoisotopic (exact) mass is 347 g/mol. The first-order valence-corrected chi connectivity index (χ1v) is 7.97. The average Bonchev–Trinajstić information content (AvgIpc) is 3.09. The lowest BCUT2D eigenvalue weighted by Gasteiger charge is -2.09. The van der Waals surface area contributed by atoms with E-state index in [9.17, 15) is 0 Å². The van der Waals surface area contributed by atoms with Crippen LogP contribution in [0.1, 0.15) is 11.1 Å². The molecule has 1 aromatic carbocycles. The topological polar surface area (TPSA) is 40.7 Å². The van der Waals surface area contributed by atoms with Crippen molar-refractivity contribution < 1.29 is 0 Å². The Labute approximate surface area is 130 Å². The zero-order valence-electron chi connectivity index (χ0n) is 11.0. The van der Waals surface area contributed by atoms with Crippen molar-refractivity contribution in [2.24, 2.45) is 0 Å². The molecule has 0 saturated heterocycles. The summed E-state index contributed by atoms with van der Waals surface area (Å²) in [5, 5.41) is 12.8. The van der Waals surface area contributed by atoms with E-state index in [2.05, 4.69) is 74.1 Å². The van der Waals surface area contributed by atoms with Crippen LogP contribution in [-0.2, 0) is 6.54 Å². The summed E-state index contributed by atoms with van der Waals surface area (Å²) in [5.41, 5.74) is 4.60. The second kappa shape index (κ2) is 5.81. The maximum absolute atomic E-state index is 4.16. The number of rotatable bonds is 4. The van der Waals surface area contributed by atoms with Crippen molar-refractivity contribution in [3.63, 3.8) is 0 Å². The van der Waals surface area contributed by atoms with Crippen LogP contribution in [0, 0.1) is 6.92 Å². The molecule has 0 bridgehead atoms. The first kappa shape index (κ1) is 13.4. The molecule has 3 rings (SSSR count). The molecule has 0 unspecified atom stereocenters. The number of thiophene rings is 1. The third-order valence-electron chi connectivity index (χ3n) is 3.08. The summed E-state index contributed by atoms with van der Waals surface area (Å²) in [6, 6.07) is 10.4. The molecule has 2 N–H and O–H groups in total. The lowest BCUT2D eigenvalue weighted by molar-refractivity contribution is 1.10. The van der Waals surface area contributed by atoms with Gasteiger partial charge in [0.15, 0.2) is 0 Å². The number of halogens is 1. The largest absolute Gasteiger partial charge is 0.380 e. The van der Waals surface area contributed by atoms with Crippen LogP contribution >= 0.6 is 27.3 Å². The molecule has 0 fully saturated rings. The van der Waals surface area contributed by atoms with Crippen molar-refractivity contribution in [3.8, 4) is 10.6 Å². The predicted molar refractivity (Wildman–Crippen MR) is 88.1 cm³/mol. The summed E-state index contributed by atoms with van der Waals surface area (Å²) in [7, 11) is 0. The number of aromatic amines is 1. The number of hydrogen-bond donors (Lipinski definition) is 2. The number of nitrogens with zero attached hydrogens (tertiary/aromatic N) is 1. The van der Waals surface area contributed by atoms with Gasteiger partial charge in [-0.3, -0.25) is 5.10 Å². The number of aryl methyl sites for hydroxylation is 1. The third kappa shape index (κ3) is 2.78. The molecule has 0 aliphatic heterocycles. The second-order valence-corrected chi connectivity index (χ2v) is 6.39. The van der Waals surface area contributed by atoms with Gasteiger partial charge in [-0.1, -0.05) is 12.1 Å². The van der Waals surface area contributed by atoms with E-state index in [1.165, 1.54) is 16.0 Å². The van der Waals surface area contributed by atoms with Crippen LogP contribution in [0.15, 0.2) is 46.4 Å². The van der Waals surface area contributed by atoms with Gasteiger partial charge in [-0.25, -0.2) is 0 Å². The van der Waals surface area contributed by atoms with E-state index < -0.39 is 0 Å². The molecule has 3 nitrogen and oxygen atoms in total. The van der Waals surface area contributed by atoms with Gasteiger partial charge in [-0.15, -0.1) is 11.3 Å². The predicted octanol–water partition coefficient (Wildman–Crippen LogP) is 4.82. The van der Waals surface area contributed by atoms with Gasteiger partial charge < -0.3 is 5.32 Å². The minimum Gasteiger partial charge on any atom is -0.380 e. The van der Waals surface area contributed by atoms with Gasteiger partial charge in [0.2, 0.25) is 0 Å². The number of hydrogen-bond acceptors (Lipinski definition) is 3. The Morgan fingerprint density at radius 3 is 3.05 bits per heavy atom. The maximum atomic E-state index is 4.16. The highest BCUT2D eigenvalue weighted by molar-refractivity contribution is 9.10. The van der Waals surface area contributed by atoms with Crippen LogP contribution < -0.4 is 5.32 Å². The smallest absolute Gasteiger partial charge is 0.0799 e. The summed E-state index contributed by atoms with van der Waals surface area (Å²) < 4.78 is 1.07. The zero-order chi connectivity index (χ0) is 13.9. The fourth-order valence-corrected chi connectivity index (χ4v) is 3.19. The van der Waals surface area contributed by atoms with Gasteiger partial charge in [0, 0.05) is 22.3 Å². The molecule has 20 heavy (non-hydrogen) atoms. The van der Waals surface area contributed by atoms with Crippen LogP contribution in [0.4, 0.5) is 5.69 Å². The molecule has 102 valence electrons. The Hall–Kier alpha value is -1.59.